The number of nitrogens with zero attached hydrogens (tertiary/aromatic N) is 1. The number of anilines is 1. The Morgan fingerprint density at radius 1 is 1.00 bits per heavy atom. The third-order valence-electron chi connectivity index (χ3n) is 9.84. The maximum absolute atomic E-state index is 14.3. The lowest BCUT2D eigenvalue weighted by Crippen LogP contribution is -2.48. The molecule has 4 aromatic rings. The Bertz CT molecular complexity index is 1850. The van der Waals surface area contributed by atoms with Crippen LogP contribution >= 0.6 is 11.3 Å². The van der Waals surface area contributed by atoms with Crippen LogP contribution in [0.15, 0.2) is 65.0 Å². The van der Waals surface area contributed by atoms with Gasteiger partial charge in [-0.2, -0.15) is 8.42 Å². The molecule has 7 nitrogen and oxygen atoms in total. The molecule has 1 aromatic heterocycles. The molecular weight excluding hydrogens is 600 g/mol. The highest BCUT2D eigenvalue weighted by Crippen LogP contribution is 2.60. The van der Waals surface area contributed by atoms with Crippen LogP contribution in [0.3, 0.4) is 0 Å². The van der Waals surface area contributed by atoms with E-state index in [4.69, 9.17) is 9.84 Å². The molecular formula is C34H33FN2O5S2. The van der Waals surface area contributed by atoms with E-state index in [0.717, 1.165) is 52.1 Å². The minimum atomic E-state index is -4.21. The summed E-state index contributed by atoms with van der Waals surface area (Å²) >= 11 is 1.19. The number of carbonyl (C=O) groups is 1. The van der Waals surface area contributed by atoms with Gasteiger partial charge in [-0.25, -0.2) is 14.2 Å². The van der Waals surface area contributed by atoms with Crippen LogP contribution in [0.4, 0.5) is 10.1 Å². The molecule has 0 amide bonds. The number of rotatable bonds is 8. The molecule has 0 atom stereocenters. The number of halogens is 1. The smallest absolute Gasteiger partial charge is 0.338 e. The molecule has 0 unspecified atom stereocenters. The van der Waals surface area contributed by atoms with Gasteiger partial charge in [0.25, 0.3) is 10.0 Å². The summed E-state index contributed by atoms with van der Waals surface area (Å²) in [5.74, 6) is 0.0142. The van der Waals surface area contributed by atoms with E-state index in [-0.39, 0.29) is 16.5 Å². The van der Waals surface area contributed by atoms with Gasteiger partial charge in [0.1, 0.15) is 16.6 Å². The topological polar surface area (TPSA) is 106 Å². The number of carboxylic acid groups (broad SMARTS) is 1. The Morgan fingerprint density at radius 3 is 2.23 bits per heavy atom. The predicted octanol–water partition coefficient (Wildman–Crippen LogP) is 7.90. The number of thiazole rings is 1. The standard InChI is InChI=1S/C34H33FN2O5S2/c1-19-9-24(32-36-31(18-43-32)44(40,41)37-29-14-28(35)27(33(38)39)13-30(29)42-2)5-8-26(19)23-3-6-25(7-4-23)34-15-20-10-21(16-34)12-22(11-20)17-34/h3-9,13-14,18,20-22,37H,10-12,15-17H2,1-2H3,(H,38,39)/t20-,21-,22?,34?/m1/s1. The molecule has 10 heteroatoms. The zero-order chi connectivity index (χ0) is 30.8. The van der Waals surface area contributed by atoms with E-state index >= 15 is 0 Å². The molecule has 4 saturated carbocycles. The zero-order valence-corrected chi connectivity index (χ0v) is 26.1. The van der Waals surface area contributed by atoms with Crippen molar-refractivity contribution < 1.29 is 27.4 Å². The Hall–Kier alpha value is -3.76. The zero-order valence-electron chi connectivity index (χ0n) is 24.5. The quantitative estimate of drug-likeness (QED) is 0.205. The molecule has 2 N–H and O–H groups in total. The van der Waals surface area contributed by atoms with Crippen molar-refractivity contribution in [2.24, 2.45) is 17.8 Å². The van der Waals surface area contributed by atoms with Gasteiger partial charge in [-0.1, -0.05) is 36.4 Å². The van der Waals surface area contributed by atoms with Crippen molar-refractivity contribution in [3.8, 4) is 27.4 Å². The monoisotopic (exact) mass is 632 g/mol. The Labute approximate surface area is 260 Å². The van der Waals surface area contributed by atoms with Gasteiger partial charge in [0, 0.05) is 17.0 Å². The Morgan fingerprint density at radius 2 is 1.64 bits per heavy atom. The molecule has 4 aliphatic rings. The van der Waals surface area contributed by atoms with E-state index in [1.54, 1.807) is 0 Å². The fraction of sp³-hybridized carbons (Fsp3) is 0.353. The largest absolute Gasteiger partial charge is 0.495 e. The van der Waals surface area contributed by atoms with Crippen molar-refractivity contribution in [1.29, 1.82) is 0 Å². The van der Waals surface area contributed by atoms with E-state index in [1.807, 2.05) is 19.1 Å². The van der Waals surface area contributed by atoms with Crippen molar-refractivity contribution in [2.45, 2.75) is 55.9 Å². The van der Waals surface area contributed by atoms with Crippen LogP contribution in [0.5, 0.6) is 5.75 Å². The average molecular weight is 633 g/mol. The first-order chi connectivity index (χ1) is 21.0. The van der Waals surface area contributed by atoms with Gasteiger partial charge in [0.2, 0.25) is 0 Å². The number of carboxylic acids is 1. The summed E-state index contributed by atoms with van der Waals surface area (Å²) in [7, 11) is -2.97. The number of aryl methyl sites for hydroxylation is 1. The van der Waals surface area contributed by atoms with Crippen LogP contribution in [0.1, 0.15) is 60.0 Å². The summed E-state index contributed by atoms with van der Waals surface area (Å²) in [5.41, 5.74) is 5.14. The molecule has 0 aliphatic heterocycles. The van der Waals surface area contributed by atoms with Crippen LogP contribution in [0.2, 0.25) is 0 Å². The highest BCUT2D eigenvalue weighted by atomic mass is 32.2. The van der Waals surface area contributed by atoms with E-state index < -0.39 is 27.4 Å². The number of benzene rings is 3. The SMILES string of the molecule is COc1cc(C(=O)O)c(F)cc1NS(=O)(=O)c1csc(-c2ccc(-c3ccc(C45CC6C[C@H](C4)C[C@H](C6)C5)cc3)c(C)c2)n1. The number of aromatic nitrogens is 1. The summed E-state index contributed by atoms with van der Waals surface area (Å²) in [6.45, 7) is 2.04. The van der Waals surface area contributed by atoms with Crippen LogP contribution < -0.4 is 9.46 Å². The number of nitrogens with one attached hydrogen (secondary N) is 1. The number of sulfonamides is 1. The molecule has 8 rings (SSSR count). The summed E-state index contributed by atoms with van der Waals surface area (Å²) in [6, 6.07) is 16.9. The van der Waals surface area contributed by atoms with E-state index in [9.17, 15) is 17.6 Å². The lowest BCUT2D eigenvalue weighted by Gasteiger charge is -2.57. The molecule has 4 fully saturated rings. The second kappa shape index (κ2) is 10.7. The van der Waals surface area contributed by atoms with Crippen LogP contribution in [0.25, 0.3) is 21.7 Å². The van der Waals surface area contributed by atoms with Gasteiger partial charge in [0.05, 0.1) is 18.4 Å². The summed E-state index contributed by atoms with van der Waals surface area (Å²) in [5, 5.41) is 10.9. The number of hydrogen-bond acceptors (Lipinski definition) is 6. The molecule has 44 heavy (non-hydrogen) atoms. The predicted molar refractivity (Wildman–Crippen MR) is 168 cm³/mol. The highest BCUT2D eigenvalue weighted by molar-refractivity contribution is 7.92. The number of ether oxygens (including phenoxy) is 1. The van der Waals surface area contributed by atoms with Crippen LogP contribution in [-0.2, 0) is 15.4 Å². The summed E-state index contributed by atoms with van der Waals surface area (Å²) in [4.78, 5) is 15.6. The molecule has 1 heterocycles. The van der Waals surface area contributed by atoms with E-state index in [0.29, 0.717) is 10.4 Å². The minimum absolute atomic E-state index is 0.125. The summed E-state index contributed by atoms with van der Waals surface area (Å²) in [6.07, 6.45) is 8.33. The highest BCUT2D eigenvalue weighted by Gasteiger charge is 2.51. The van der Waals surface area contributed by atoms with Crippen molar-refractivity contribution in [3.63, 3.8) is 0 Å². The van der Waals surface area contributed by atoms with Gasteiger partial charge in [-0.05, 0) is 103 Å². The van der Waals surface area contributed by atoms with Crippen LogP contribution in [-0.4, -0.2) is 31.6 Å². The molecule has 228 valence electrons. The molecule has 0 radical (unpaired) electrons. The van der Waals surface area contributed by atoms with Gasteiger partial charge >= 0.3 is 5.97 Å². The first kappa shape index (κ1) is 29.0. The fourth-order valence-electron chi connectivity index (χ4n) is 8.27. The van der Waals surface area contributed by atoms with Gasteiger partial charge in [-0.15, -0.1) is 11.3 Å². The first-order valence-electron chi connectivity index (χ1n) is 14.8. The molecule has 4 bridgehead atoms. The molecule has 4 aliphatic carbocycles. The summed E-state index contributed by atoms with van der Waals surface area (Å²) < 4.78 is 47.9. The Kier molecular flexibility index (Phi) is 7.05. The van der Waals surface area contributed by atoms with Crippen molar-refractivity contribution in [2.75, 3.05) is 11.8 Å². The third-order valence-corrected chi connectivity index (χ3v) is 12.1. The lowest BCUT2D eigenvalue weighted by molar-refractivity contribution is -0.00518. The number of hydrogen-bond donors (Lipinski definition) is 2. The normalized spacial score (nSPS) is 23.9. The van der Waals surface area contributed by atoms with Crippen molar-refractivity contribution in [1.82, 2.24) is 4.98 Å². The lowest BCUT2D eigenvalue weighted by atomic mass is 9.48. The maximum atomic E-state index is 14.3. The number of methoxy groups -OCH3 is 1. The van der Waals surface area contributed by atoms with Gasteiger partial charge in [0.15, 0.2) is 5.03 Å². The second-order valence-corrected chi connectivity index (χ2v) is 15.2. The maximum Gasteiger partial charge on any atom is 0.338 e. The van der Waals surface area contributed by atoms with Gasteiger partial charge < -0.3 is 9.84 Å². The Balaban J connectivity index is 1.10. The van der Waals surface area contributed by atoms with E-state index in [1.165, 1.54) is 67.9 Å². The first-order valence-corrected chi connectivity index (χ1v) is 17.2. The fourth-order valence-corrected chi connectivity index (χ4v) is 10.4. The second-order valence-electron chi connectivity index (χ2n) is 12.7. The molecule has 3 aromatic carbocycles. The van der Waals surface area contributed by atoms with E-state index in [2.05, 4.69) is 40.0 Å². The third kappa shape index (κ3) is 5.07. The minimum Gasteiger partial charge on any atom is -0.495 e. The van der Waals surface area contributed by atoms with Crippen molar-refractivity contribution >= 4 is 33.0 Å². The average Bonchev–Trinajstić information content (AvgIpc) is 3.48. The number of aromatic carboxylic acids is 1. The molecule has 0 saturated heterocycles. The van der Waals surface area contributed by atoms with Crippen molar-refractivity contribution in [3.05, 3.63) is 82.5 Å². The molecule has 0 spiro atoms. The van der Waals surface area contributed by atoms with Crippen LogP contribution in [0, 0.1) is 30.5 Å². The van der Waals surface area contributed by atoms with Gasteiger partial charge in [-0.3, -0.25) is 4.72 Å².